The summed E-state index contributed by atoms with van der Waals surface area (Å²) in [6, 6.07) is 22.3. The lowest BCUT2D eigenvalue weighted by Gasteiger charge is -2.17. The van der Waals surface area contributed by atoms with Crippen molar-refractivity contribution in [2.45, 2.75) is 39.7 Å². The summed E-state index contributed by atoms with van der Waals surface area (Å²) in [6.07, 6.45) is 1.66. The van der Waals surface area contributed by atoms with E-state index >= 15 is 0 Å². The van der Waals surface area contributed by atoms with E-state index in [4.69, 9.17) is 14.2 Å². The van der Waals surface area contributed by atoms with Crippen molar-refractivity contribution in [3.8, 4) is 5.75 Å². The average Bonchev–Trinajstić information content (AvgIpc) is 2.81. The fourth-order valence-corrected chi connectivity index (χ4v) is 3.70. The van der Waals surface area contributed by atoms with Crippen LogP contribution in [0.3, 0.4) is 0 Å². The van der Waals surface area contributed by atoms with E-state index in [1.807, 2.05) is 42.5 Å². The van der Waals surface area contributed by atoms with Crippen LogP contribution in [-0.2, 0) is 32.1 Å². The van der Waals surface area contributed by atoms with Gasteiger partial charge in [-0.15, -0.1) is 0 Å². The molecule has 5 nitrogen and oxygen atoms in total. The molecule has 168 valence electrons. The van der Waals surface area contributed by atoms with Crippen LogP contribution in [-0.4, -0.2) is 25.2 Å². The van der Waals surface area contributed by atoms with Crippen LogP contribution < -0.4 is 4.74 Å². The molecular weight excluding hydrogens is 404 g/mol. The summed E-state index contributed by atoms with van der Waals surface area (Å²) in [6.45, 7) is 4.39. The summed E-state index contributed by atoms with van der Waals surface area (Å²) in [5.74, 6) is -1.10. The van der Waals surface area contributed by atoms with Gasteiger partial charge in [0.1, 0.15) is 12.4 Å². The maximum atomic E-state index is 12.3. The second kappa shape index (κ2) is 11.9. The molecule has 32 heavy (non-hydrogen) atoms. The van der Waals surface area contributed by atoms with E-state index in [1.165, 1.54) is 0 Å². The summed E-state index contributed by atoms with van der Waals surface area (Å²) >= 11 is 0. The van der Waals surface area contributed by atoms with E-state index in [0.29, 0.717) is 25.9 Å². The minimum atomic E-state index is -0.899. The van der Waals surface area contributed by atoms with Crippen molar-refractivity contribution < 1.29 is 23.8 Å². The Kier molecular flexibility index (Phi) is 8.67. The molecule has 0 saturated carbocycles. The lowest BCUT2D eigenvalue weighted by Crippen LogP contribution is -2.28. The molecular formula is C27H30O5. The molecule has 0 aromatic heterocycles. The minimum Gasteiger partial charge on any atom is -0.488 e. The molecule has 0 N–H and O–H groups in total. The third-order valence-corrected chi connectivity index (χ3v) is 5.27. The highest BCUT2D eigenvalue weighted by molar-refractivity contribution is 5.95. The number of hydrogen-bond acceptors (Lipinski definition) is 5. The van der Waals surface area contributed by atoms with E-state index < -0.39 is 17.9 Å². The summed E-state index contributed by atoms with van der Waals surface area (Å²) in [5.41, 5.74) is 2.14. The fourth-order valence-electron chi connectivity index (χ4n) is 3.70. The summed E-state index contributed by atoms with van der Waals surface area (Å²) in [4.78, 5) is 24.5. The topological polar surface area (TPSA) is 61.8 Å². The molecule has 0 radical (unpaired) electrons. The standard InChI is InChI=1S/C27H30O5/c1-3-30-26(28)24(27(29)31-4-2)16-10-14-22-18-17-21-13-8-9-15-23(21)25(22)32-19-20-11-6-5-7-12-20/h5-9,11-13,15,17-18,24H,3-4,10,14,16,19H2,1-2H3. The molecule has 0 atom stereocenters. The van der Waals surface area contributed by atoms with Crippen molar-refractivity contribution in [3.05, 3.63) is 77.9 Å². The zero-order valence-electron chi connectivity index (χ0n) is 18.7. The highest BCUT2D eigenvalue weighted by atomic mass is 16.6. The molecule has 0 unspecified atom stereocenters. The Morgan fingerprint density at radius 1 is 0.812 bits per heavy atom. The second-order valence-corrected chi connectivity index (χ2v) is 7.50. The van der Waals surface area contributed by atoms with Crippen molar-refractivity contribution in [2.75, 3.05) is 13.2 Å². The number of ether oxygens (including phenoxy) is 3. The summed E-state index contributed by atoms with van der Waals surface area (Å²) in [7, 11) is 0. The van der Waals surface area contributed by atoms with Gasteiger partial charge in [0.25, 0.3) is 0 Å². The van der Waals surface area contributed by atoms with Crippen LogP contribution in [0.2, 0.25) is 0 Å². The Bertz CT molecular complexity index is 1010. The molecule has 0 spiro atoms. The van der Waals surface area contributed by atoms with Crippen LogP contribution in [0.25, 0.3) is 10.8 Å². The SMILES string of the molecule is CCOC(=O)C(CCCc1ccc2ccccc2c1OCc1ccccc1)C(=O)OCC. The zero-order chi connectivity index (χ0) is 22.8. The maximum Gasteiger partial charge on any atom is 0.320 e. The molecule has 0 saturated heterocycles. The number of carbonyl (C=O) groups is 2. The van der Waals surface area contributed by atoms with Crippen LogP contribution in [0.1, 0.15) is 37.8 Å². The van der Waals surface area contributed by atoms with Crippen LogP contribution in [0.5, 0.6) is 5.75 Å². The molecule has 0 fully saturated rings. The first-order valence-electron chi connectivity index (χ1n) is 11.1. The zero-order valence-corrected chi connectivity index (χ0v) is 18.7. The van der Waals surface area contributed by atoms with Crippen LogP contribution in [0, 0.1) is 5.92 Å². The number of esters is 2. The minimum absolute atomic E-state index is 0.233. The first-order valence-corrected chi connectivity index (χ1v) is 11.1. The average molecular weight is 435 g/mol. The first kappa shape index (κ1) is 23.3. The Morgan fingerprint density at radius 3 is 2.16 bits per heavy atom. The van der Waals surface area contributed by atoms with Gasteiger partial charge in [-0.25, -0.2) is 0 Å². The molecule has 0 aliphatic heterocycles. The van der Waals surface area contributed by atoms with E-state index in [2.05, 4.69) is 24.3 Å². The Labute approximate surface area is 189 Å². The Morgan fingerprint density at radius 2 is 1.47 bits per heavy atom. The van der Waals surface area contributed by atoms with E-state index in [-0.39, 0.29) is 13.2 Å². The number of benzene rings is 3. The van der Waals surface area contributed by atoms with E-state index in [9.17, 15) is 9.59 Å². The third-order valence-electron chi connectivity index (χ3n) is 5.27. The molecule has 0 aliphatic carbocycles. The fraction of sp³-hybridized carbons (Fsp3) is 0.333. The van der Waals surface area contributed by atoms with Gasteiger partial charge in [-0.2, -0.15) is 0 Å². The number of aryl methyl sites for hydroxylation is 1. The normalized spacial score (nSPS) is 10.8. The number of rotatable bonds is 11. The lowest BCUT2D eigenvalue weighted by atomic mass is 9.97. The van der Waals surface area contributed by atoms with Crippen molar-refractivity contribution in [1.29, 1.82) is 0 Å². The number of hydrogen-bond donors (Lipinski definition) is 0. The number of fused-ring (bicyclic) bond motifs is 1. The second-order valence-electron chi connectivity index (χ2n) is 7.50. The quantitative estimate of drug-likeness (QED) is 0.295. The van der Waals surface area contributed by atoms with Crippen molar-refractivity contribution >= 4 is 22.7 Å². The van der Waals surface area contributed by atoms with Crippen molar-refractivity contribution in [2.24, 2.45) is 5.92 Å². The monoisotopic (exact) mass is 434 g/mol. The van der Waals surface area contributed by atoms with Crippen LogP contribution in [0.4, 0.5) is 0 Å². The predicted octanol–water partition coefficient (Wildman–Crippen LogP) is 5.48. The van der Waals surface area contributed by atoms with Gasteiger partial charge in [0.15, 0.2) is 5.92 Å². The van der Waals surface area contributed by atoms with Crippen molar-refractivity contribution in [1.82, 2.24) is 0 Å². The molecule has 3 aromatic carbocycles. The van der Waals surface area contributed by atoms with E-state index in [0.717, 1.165) is 27.6 Å². The first-order chi connectivity index (χ1) is 15.6. The summed E-state index contributed by atoms with van der Waals surface area (Å²) < 4.78 is 16.4. The smallest absolute Gasteiger partial charge is 0.320 e. The third kappa shape index (κ3) is 6.10. The Balaban J connectivity index is 1.76. The molecule has 3 rings (SSSR count). The van der Waals surface area contributed by atoms with Gasteiger partial charge in [-0.1, -0.05) is 66.7 Å². The van der Waals surface area contributed by atoms with Gasteiger partial charge >= 0.3 is 11.9 Å². The van der Waals surface area contributed by atoms with Crippen molar-refractivity contribution in [3.63, 3.8) is 0 Å². The van der Waals surface area contributed by atoms with Gasteiger partial charge in [-0.3, -0.25) is 9.59 Å². The largest absolute Gasteiger partial charge is 0.488 e. The molecule has 0 aliphatic rings. The highest BCUT2D eigenvalue weighted by Gasteiger charge is 2.29. The molecule has 0 bridgehead atoms. The van der Waals surface area contributed by atoms with Gasteiger partial charge < -0.3 is 14.2 Å². The van der Waals surface area contributed by atoms with Gasteiger partial charge in [-0.05, 0) is 49.6 Å². The molecule has 0 heterocycles. The van der Waals surface area contributed by atoms with E-state index in [1.54, 1.807) is 13.8 Å². The highest BCUT2D eigenvalue weighted by Crippen LogP contribution is 2.32. The van der Waals surface area contributed by atoms with Crippen LogP contribution >= 0.6 is 0 Å². The molecule has 3 aromatic rings. The van der Waals surface area contributed by atoms with Crippen LogP contribution in [0.15, 0.2) is 66.7 Å². The molecule has 0 amide bonds. The van der Waals surface area contributed by atoms with Gasteiger partial charge in [0, 0.05) is 5.39 Å². The lowest BCUT2D eigenvalue weighted by molar-refractivity contribution is -0.161. The predicted molar refractivity (Wildman–Crippen MR) is 124 cm³/mol. The summed E-state index contributed by atoms with van der Waals surface area (Å²) in [5, 5.41) is 2.16. The Hall–Kier alpha value is -3.34. The number of carbonyl (C=O) groups excluding carboxylic acids is 2. The van der Waals surface area contributed by atoms with Gasteiger partial charge in [0.2, 0.25) is 0 Å². The maximum absolute atomic E-state index is 12.3. The molecule has 5 heteroatoms. The van der Waals surface area contributed by atoms with Gasteiger partial charge in [0.05, 0.1) is 13.2 Å².